The van der Waals surface area contributed by atoms with Gasteiger partial charge in [-0.3, -0.25) is 4.79 Å². The maximum absolute atomic E-state index is 11.8. The van der Waals surface area contributed by atoms with E-state index in [1.54, 1.807) is 0 Å². The van der Waals surface area contributed by atoms with Gasteiger partial charge < -0.3 is 5.11 Å². The van der Waals surface area contributed by atoms with Crippen LogP contribution in [-0.2, 0) is 4.79 Å². The van der Waals surface area contributed by atoms with E-state index >= 15 is 0 Å². The molecule has 0 saturated carbocycles. The number of aliphatic carboxylic acids is 1. The van der Waals surface area contributed by atoms with E-state index in [4.69, 9.17) is 116 Å². The lowest BCUT2D eigenvalue weighted by Crippen LogP contribution is -2.03. The summed E-state index contributed by atoms with van der Waals surface area (Å²) in [7, 11) is 0. The zero-order valence-electron chi connectivity index (χ0n) is 12.7. The number of carboxylic acid groups (broad SMARTS) is 1. The van der Waals surface area contributed by atoms with Gasteiger partial charge in [0.2, 0.25) is 0 Å². The molecule has 0 heterocycles. The molecule has 0 saturated heterocycles. The summed E-state index contributed by atoms with van der Waals surface area (Å²) in [4.78, 5) is 11.8. The zero-order chi connectivity index (χ0) is 21.2. The van der Waals surface area contributed by atoms with E-state index in [0.29, 0.717) is 0 Å². The first kappa shape index (κ1) is 23.2. The number of carbonyl (C=O) groups is 1. The van der Waals surface area contributed by atoms with Crippen LogP contribution in [-0.4, -0.2) is 11.1 Å². The van der Waals surface area contributed by atoms with Crippen LogP contribution < -0.4 is 0 Å². The number of benzene rings is 2. The molecule has 1 aliphatic carbocycles. The van der Waals surface area contributed by atoms with Crippen LogP contribution in [0.4, 0.5) is 0 Å². The molecule has 0 unspecified atom stereocenters. The van der Waals surface area contributed by atoms with Crippen LogP contribution in [0.1, 0.15) is 11.1 Å². The highest BCUT2D eigenvalue weighted by Gasteiger charge is 2.48. The third-order valence-electron chi connectivity index (χ3n) is 3.99. The lowest BCUT2D eigenvalue weighted by Gasteiger charge is -2.11. The van der Waals surface area contributed by atoms with Crippen LogP contribution >= 0.6 is 116 Å². The molecule has 2 aromatic carbocycles. The summed E-state index contributed by atoms with van der Waals surface area (Å²) < 4.78 is 0. The van der Waals surface area contributed by atoms with Crippen LogP contribution in [0.25, 0.3) is 11.1 Å². The van der Waals surface area contributed by atoms with Crippen molar-refractivity contribution in [2.45, 2.75) is 0 Å². The highest BCUT2D eigenvalue weighted by Crippen LogP contribution is 2.62. The average molecular weight is 581 g/mol. The molecular formula is C16H2Cl10O2. The lowest BCUT2D eigenvalue weighted by molar-refractivity contribution is -0.137. The Bertz CT molecular complexity index is 968. The first-order chi connectivity index (χ1) is 12.9. The predicted molar refractivity (Wildman–Crippen MR) is 121 cm³/mol. The van der Waals surface area contributed by atoms with Crippen LogP contribution in [0.3, 0.4) is 0 Å². The Hall–Kier alpha value is 0.550. The molecule has 0 amide bonds. The topological polar surface area (TPSA) is 37.3 Å². The summed E-state index contributed by atoms with van der Waals surface area (Å²) >= 11 is 61.5. The van der Waals surface area contributed by atoms with Crippen LogP contribution in [0.5, 0.6) is 0 Å². The summed E-state index contributed by atoms with van der Waals surface area (Å²) in [6.07, 6.45) is 0. The van der Waals surface area contributed by atoms with E-state index in [9.17, 15) is 9.90 Å². The maximum Gasteiger partial charge on any atom is 0.315 e. The van der Waals surface area contributed by atoms with Gasteiger partial charge in [0, 0.05) is 11.1 Å². The highest BCUT2D eigenvalue weighted by molar-refractivity contribution is 6.58. The zero-order valence-corrected chi connectivity index (χ0v) is 20.3. The van der Waals surface area contributed by atoms with Crippen LogP contribution in [0.15, 0.2) is 0 Å². The fraction of sp³-hybridized carbons (Fsp3) is 0.0625. The van der Waals surface area contributed by atoms with Gasteiger partial charge in [0.05, 0.1) is 50.2 Å². The molecule has 2 nitrogen and oxygen atoms in total. The summed E-state index contributed by atoms with van der Waals surface area (Å²) in [5.41, 5.74) is 0.585. The van der Waals surface area contributed by atoms with Gasteiger partial charge in [0.15, 0.2) is 0 Å². The SMILES string of the molecule is O=C(O)C1C(c2c(Cl)c(Cl)c(Cl)c(Cl)c2Cl)=C1c1c(Cl)c(Cl)c(Cl)c(Cl)c1Cl. The third-order valence-corrected chi connectivity index (χ3v) is 8.54. The Morgan fingerprint density at radius 2 is 0.714 bits per heavy atom. The minimum Gasteiger partial charge on any atom is -0.481 e. The largest absolute Gasteiger partial charge is 0.481 e. The maximum atomic E-state index is 11.8. The van der Waals surface area contributed by atoms with Gasteiger partial charge in [-0.1, -0.05) is 116 Å². The van der Waals surface area contributed by atoms with E-state index in [1.807, 2.05) is 0 Å². The molecule has 1 N–H and O–H groups in total. The van der Waals surface area contributed by atoms with E-state index in [-0.39, 0.29) is 72.5 Å². The molecular weight excluding hydrogens is 579 g/mol. The fourth-order valence-corrected chi connectivity index (χ4v) is 5.39. The molecule has 0 spiro atoms. The molecule has 0 aliphatic heterocycles. The van der Waals surface area contributed by atoms with Gasteiger partial charge in [-0.25, -0.2) is 0 Å². The third kappa shape index (κ3) is 3.48. The van der Waals surface area contributed by atoms with Crippen molar-refractivity contribution in [2.75, 3.05) is 0 Å². The van der Waals surface area contributed by atoms with E-state index in [1.165, 1.54) is 0 Å². The first-order valence-electron chi connectivity index (χ1n) is 6.93. The number of hydrogen-bond donors (Lipinski definition) is 1. The second-order valence-corrected chi connectivity index (χ2v) is 9.27. The van der Waals surface area contributed by atoms with Crippen molar-refractivity contribution in [3.8, 4) is 0 Å². The predicted octanol–water partition coefficient (Wildman–Crippen LogP) is 9.85. The smallest absolute Gasteiger partial charge is 0.315 e. The standard InChI is InChI=1S/C16H2Cl10O2/c17-6-4(7(18)11(22)14(25)10(6)21)1-2(3(1)16(27)28)5-8(19)12(23)15(26)13(24)9(5)20/h3H,(H,27,28). The summed E-state index contributed by atoms with van der Waals surface area (Å²) in [6.45, 7) is 0. The second kappa shape index (κ2) is 8.24. The van der Waals surface area contributed by atoms with Gasteiger partial charge >= 0.3 is 5.97 Å². The Balaban J connectivity index is 2.40. The van der Waals surface area contributed by atoms with E-state index in [0.717, 1.165) is 0 Å². The van der Waals surface area contributed by atoms with Crippen molar-refractivity contribution in [1.29, 1.82) is 0 Å². The molecule has 1 aliphatic rings. The minimum absolute atomic E-state index is 0.0644. The van der Waals surface area contributed by atoms with Crippen molar-refractivity contribution in [2.24, 2.45) is 5.92 Å². The lowest BCUT2D eigenvalue weighted by atomic mass is 10.1. The summed E-state index contributed by atoms with van der Waals surface area (Å²) in [5.74, 6) is -2.37. The average Bonchev–Trinajstić information content (AvgIpc) is 3.36. The molecule has 0 aromatic heterocycles. The summed E-state index contributed by atoms with van der Waals surface area (Å²) in [5, 5.41) is 8.91. The quantitative estimate of drug-likeness (QED) is 0.290. The van der Waals surface area contributed by atoms with Crippen LogP contribution in [0.2, 0.25) is 50.2 Å². The van der Waals surface area contributed by atoms with Gasteiger partial charge in [0.1, 0.15) is 5.92 Å². The highest BCUT2D eigenvalue weighted by atomic mass is 35.5. The molecule has 28 heavy (non-hydrogen) atoms. The molecule has 0 radical (unpaired) electrons. The molecule has 2 aromatic rings. The van der Waals surface area contributed by atoms with Crippen molar-refractivity contribution < 1.29 is 9.90 Å². The summed E-state index contributed by atoms with van der Waals surface area (Å²) in [6, 6.07) is 0. The van der Waals surface area contributed by atoms with E-state index < -0.39 is 11.9 Å². The normalized spacial score (nSPS) is 14.1. The first-order valence-corrected chi connectivity index (χ1v) is 10.7. The molecule has 0 atom stereocenters. The number of rotatable bonds is 3. The Morgan fingerprint density at radius 3 is 0.929 bits per heavy atom. The Labute approximate surface area is 208 Å². The van der Waals surface area contributed by atoms with Crippen molar-refractivity contribution in [3.05, 3.63) is 61.4 Å². The van der Waals surface area contributed by atoms with Crippen molar-refractivity contribution >= 4 is 133 Å². The monoisotopic (exact) mass is 576 g/mol. The van der Waals surface area contributed by atoms with Gasteiger partial charge in [-0.05, 0) is 11.1 Å². The van der Waals surface area contributed by atoms with Crippen molar-refractivity contribution in [1.82, 2.24) is 0 Å². The molecule has 148 valence electrons. The molecule has 0 bridgehead atoms. The molecule has 12 heteroatoms. The minimum atomic E-state index is -1.21. The Kier molecular flexibility index (Phi) is 6.83. The number of carboxylic acids is 1. The van der Waals surface area contributed by atoms with E-state index in [2.05, 4.69) is 0 Å². The van der Waals surface area contributed by atoms with Gasteiger partial charge in [0.25, 0.3) is 0 Å². The number of halogens is 10. The van der Waals surface area contributed by atoms with Crippen LogP contribution in [0, 0.1) is 5.92 Å². The van der Waals surface area contributed by atoms with Gasteiger partial charge in [-0.15, -0.1) is 0 Å². The second-order valence-electron chi connectivity index (χ2n) is 5.49. The van der Waals surface area contributed by atoms with Crippen molar-refractivity contribution in [3.63, 3.8) is 0 Å². The van der Waals surface area contributed by atoms with Gasteiger partial charge in [-0.2, -0.15) is 0 Å². The fourth-order valence-electron chi connectivity index (χ4n) is 2.71. The number of hydrogen-bond acceptors (Lipinski definition) is 1. The molecule has 0 fully saturated rings. The Morgan fingerprint density at radius 1 is 0.500 bits per heavy atom. The molecule has 3 rings (SSSR count).